The predicted molar refractivity (Wildman–Crippen MR) is 250 cm³/mol. The molecule has 0 bridgehead atoms. The van der Waals surface area contributed by atoms with E-state index in [2.05, 4.69) is 181 Å². The van der Waals surface area contributed by atoms with E-state index in [1.54, 1.807) is 0 Å². The van der Waals surface area contributed by atoms with Gasteiger partial charge in [0.1, 0.15) is 22.3 Å². The van der Waals surface area contributed by atoms with E-state index in [4.69, 9.17) is 8.83 Å². The van der Waals surface area contributed by atoms with Gasteiger partial charge in [-0.2, -0.15) is 0 Å². The summed E-state index contributed by atoms with van der Waals surface area (Å²) >= 11 is 0. The minimum Gasteiger partial charge on any atom is -0.456 e. The minimum atomic E-state index is -0.0714. The number of anilines is 6. The summed E-state index contributed by atoms with van der Waals surface area (Å²) in [6.45, 7) is 4.31. The number of nitrogens with zero attached hydrogens (tertiary/aromatic N) is 2. The van der Waals surface area contributed by atoms with E-state index in [1.165, 1.54) is 41.5 Å². The van der Waals surface area contributed by atoms with Crippen molar-refractivity contribution in [3.05, 3.63) is 204 Å². The molecule has 4 heteroatoms. The van der Waals surface area contributed by atoms with Crippen molar-refractivity contribution >= 4 is 78.0 Å². The van der Waals surface area contributed by atoms with Crippen LogP contribution in [-0.2, 0) is 5.41 Å². The minimum absolute atomic E-state index is 0.0714. The van der Waals surface area contributed by atoms with Crippen LogP contribution in [0.5, 0.6) is 0 Å². The van der Waals surface area contributed by atoms with Crippen LogP contribution < -0.4 is 9.80 Å². The molecule has 1 aliphatic rings. The van der Waals surface area contributed by atoms with Crippen molar-refractivity contribution in [2.24, 2.45) is 0 Å². The van der Waals surface area contributed by atoms with E-state index in [-0.39, 0.29) is 5.41 Å². The first-order valence-corrected chi connectivity index (χ1v) is 21.3. The van der Waals surface area contributed by atoms with Crippen molar-refractivity contribution in [1.29, 1.82) is 0 Å². The summed E-state index contributed by atoms with van der Waals surface area (Å²) in [5, 5.41) is 4.55. The molecule has 4 nitrogen and oxygen atoms in total. The Hall–Kier alpha value is -7.04. The van der Waals surface area contributed by atoms with Gasteiger partial charge in [-0.1, -0.05) is 104 Å². The van der Waals surface area contributed by atoms with E-state index in [9.17, 15) is 0 Å². The van der Waals surface area contributed by atoms with Crippen molar-refractivity contribution in [2.75, 3.05) is 9.80 Å². The van der Waals surface area contributed by atoms with Gasteiger partial charge < -0.3 is 18.6 Å². The van der Waals surface area contributed by atoms with Gasteiger partial charge >= 0.3 is 0 Å². The van der Waals surface area contributed by atoms with Gasteiger partial charge in [-0.15, -0.1) is 0 Å². The van der Waals surface area contributed by atoms with E-state index >= 15 is 0 Å². The first-order chi connectivity index (χ1) is 29.5. The summed E-state index contributed by atoms with van der Waals surface area (Å²) in [6.07, 6.45) is 5.95. The average Bonchev–Trinajstić information content (AvgIpc) is 3.85. The van der Waals surface area contributed by atoms with Gasteiger partial charge in [-0.3, -0.25) is 0 Å². The highest BCUT2D eigenvalue weighted by atomic mass is 16.3. The van der Waals surface area contributed by atoms with Crippen molar-refractivity contribution in [2.45, 2.75) is 51.4 Å². The van der Waals surface area contributed by atoms with Gasteiger partial charge in [-0.05, 0) is 134 Å². The van der Waals surface area contributed by atoms with Crippen LogP contribution in [0.25, 0.3) is 43.9 Å². The Morgan fingerprint density at radius 1 is 0.350 bits per heavy atom. The lowest BCUT2D eigenvalue weighted by Gasteiger charge is -2.39. The third-order valence-electron chi connectivity index (χ3n) is 12.8. The second-order valence-corrected chi connectivity index (χ2v) is 16.6. The molecular weight excluding hydrogens is 733 g/mol. The molecule has 1 fully saturated rings. The number of hydrogen-bond donors (Lipinski definition) is 0. The molecule has 0 amide bonds. The topological polar surface area (TPSA) is 32.8 Å². The molecule has 2 heterocycles. The van der Waals surface area contributed by atoms with Gasteiger partial charge in [0.15, 0.2) is 0 Å². The molecule has 1 saturated carbocycles. The highest BCUT2D eigenvalue weighted by Crippen LogP contribution is 2.48. The third-order valence-corrected chi connectivity index (χ3v) is 12.8. The maximum atomic E-state index is 6.37. The van der Waals surface area contributed by atoms with E-state index in [0.29, 0.717) is 0 Å². The molecule has 0 atom stereocenters. The van der Waals surface area contributed by atoms with Crippen LogP contribution in [0.1, 0.15) is 54.4 Å². The predicted octanol–water partition coefficient (Wildman–Crippen LogP) is 16.3. The summed E-state index contributed by atoms with van der Waals surface area (Å²) in [7, 11) is 0. The second kappa shape index (κ2) is 14.7. The Balaban J connectivity index is 0.969. The Labute approximate surface area is 350 Å². The van der Waals surface area contributed by atoms with E-state index in [0.717, 1.165) is 90.8 Å². The normalized spacial score (nSPS) is 14.0. The Morgan fingerprint density at radius 2 is 0.750 bits per heavy atom. The van der Waals surface area contributed by atoms with Crippen molar-refractivity contribution < 1.29 is 8.83 Å². The van der Waals surface area contributed by atoms with Crippen LogP contribution in [0.2, 0.25) is 0 Å². The highest BCUT2D eigenvalue weighted by Gasteiger charge is 2.36. The number of rotatable bonds is 8. The zero-order valence-corrected chi connectivity index (χ0v) is 34.1. The maximum absolute atomic E-state index is 6.37. The molecule has 60 heavy (non-hydrogen) atoms. The van der Waals surface area contributed by atoms with Gasteiger partial charge in [0, 0.05) is 73.2 Å². The quantitative estimate of drug-likeness (QED) is 0.154. The number of hydrogen-bond acceptors (Lipinski definition) is 4. The van der Waals surface area contributed by atoms with Gasteiger partial charge in [0.25, 0.3) is 0 Å². The molecule has 11 rings (SSSR count). The number of aryl methyl sites for hydroxylation is 2. The van der Waals surface area contributed by atoms with Gasteiger partial charge in [-0.25, -0.2) is 0 Å². The molecule has 0 unspecified atom stereocenters. The number of benzene rings is 8. The lowest BCUT2D eigenvalue weighted by molar-refractivity contribution is 0.346. The zero-order valence-electron chi connectivity index (χ0n) is 34.1. The Morgan fingerprint density at radius 3 is 1.20 bits per heavy atom. The summed E-state index contributed by atoms with van der Waals surface area (Å²) in [6, 6.07) is 66.1. The maximum Gasteiger partial charge on any atom is 0.137 e. The summed E-state index contributed by atoms with van der Waals surface area (Å²) in [4.78, 5) is 4.71. The fourth-order valence-corrected chi connectivity index (χ4v) is 9.89. The molecular formula is C56H46N2O2. The van der Waals surface area contributed by atoms with Crippen molar-refractivity contribution in [3.8, 4) is 0 Å². The summed E-state index contributed by atoms with van der Waals surface area (Å²) in [5.41, 5.74) is 15.4. The Bertz CT molecular complexity index is 2960. The number of para-hydroxylation sites is 2. The van der Waals surface area contributed by atoms with Crippen LogP contribution >= 0.6 is 0 Å². The molecule has 292 valence electrons. The first-order valence-electron chi connectivity index (χ1n) is 21.3. The van der Waals surface area contributed by atoms with Crippen molar-refractivity contribution in [1.82, 2.24) is 0 Å². The molecule has 0 radical (unpaired) electrons. The lowest BCUT2D eigenvalue weighted by Crippen LogP contribution is -2.30. The molecule has 0 spiro atoms. The van der Waals surface area contributed by atoms with Gasteiger partial charge in [0.05, 0.1) is 0 Å². The molecule has 0 N–H and O–H groups in total. The molecule has 1 aliphatic carbocycles. The van der Waals surface area contributed by atoms with E-state index < -0.39 is 0 Å². The third kappa shape index (κ3) is 6.22. The second-order valence-electron chi connectivity index (χ2n) is 16.6. The molecule has 2 aromatic heterocycles. The largest absolute Gasteiger partial charge is 0.456 e. The highest BCUT2D eigenvalue weighted by molar-refractivity contribution is 6.07. The summed E-state index contributed by atoms with van der Waals surface area (Å²) < 4.78 is 12.7. The lowest BCUT2D eigenvalue weighted by atomic mass is 9.65. The van der Waals surface area contributed by atoms with Crippen LogP contribution in [0, 0.1) is 13.8 Å². The van der Waals surface area contributed by atoms with E-state index in [1.807, 2.05) is 24.3 Å². The van der Waals surface area contributed by atoms with Crippen LogP contribution in [0.4, 0.5) is 34.1 Å². The fraction of sp³-hybridized carbons (Fsp3) is 0.143. The SMILES string of the molecule is Cc1cccc(N(c2ccc(C3(c4ccc(N(c5cccc(C)c5)c5ccc6c(c5)oc5ccccc56)cc4)CCCCC3)cc2)c2ccc3c(c2)oc2ccccc23)c1. The van der Waals surface area contributed by atoms with Crippen molar-refractivity contribution in [3.63, 3.8) is 0 Å². The molecule has 0 aliphatic heterocycles. The Kier molecular flexibility index (Phi) is 8.81. The zero-order chi connectivity index (χ0) is 40.2. The molecule has 8 aromatic carbocycles. The van der Waals surface area contributed by atoms with Crippen LogP contribution in [0.15, 0.2) is 191 Å². The number of furan rings is 2. The first kappa shape index (κ1) is 36.1. The monoisotopic (exact) mass is 778 g/mol. The average molecular weight is 779 g/mol. The van der Waals surface area contributed by atoms with Crippen LogP contribution in [0.3, 0.4) is 0 Å². The fourth-order valence-electron chi connectivity index (χ4n) is 9.89. The summed E-state index contributed by atoms with van der Waals surface area (Å²) in [5.74, 6) is 0. The number of fused-ring (bicyclic) bond motifs is 6. The van der Waals surface area contributed by atoms with Gasteiger partial charge in [0.2, 0.25) is 0 Å². The standard InChI is InChI=1S/C56H46N2O2/c1-38-12-10-14-44(34-38)57(46-28-30-50-48-16-4-6-18-52(48)59-54(50)36-46)42-24-20-40(21-25-42)56(32-8-3-9-33-56)41-22-26-43(27-23-41)58(45-15-11-13-39(2)35-45)47-29-31-51-49-17-5-7-19-53(49)60-55(51)37-47/h4-7,10-31,34-37H,3,8-9,32-33H2,1-2H3. The van der Waals surface area contributed by atoms with Crippen LogP contribution in [-0.4, -0.2) is 0 Å². The molecule has 10 aromatic rings. The molecule has 0 saturated heterocycles. The smallest absolute Gasteiger partial charge is 0.137 e.